The number of nitrogens with one attached hydrogen (secondary N) is 1. The van der Waals surface area contributed by atoms with Crippen molar-refractivity contribution >= 4 is 17.5 Å². The summed E-state index contributed by atoms with van der Waals surface area (Å²) in [5.74, 6) is 0.0964. The molecule has 0 aromatic heterocycles. The number of fused-ring (bicyclic) bond motifs is 1. The Hall–Kier alpha value is -1.88. The highest BCUT2D eigenvalue weighted by Gasteiger charge is 2.34. The number of hydrogen-bond donors (Lipinski definition) is 2. The molecule has 1 aliphatic heterocycles. The number of carbonyl (C=O) groups excluding carboxylic acids is 2. The van der Waals surface area contributed by atoms with Crippen molar-refractivity contribution < 1.29 is 9.59 Å². The van der Waals surface area contributed by atoms with Crippen molar-refractivity contribution in [2.24, 2.45) is 5.73 Å². The van der Waals surface area contributed by atoms with Crippen LogP contribution in [-0.2, 0) is 16.0 Å². The first-order chi connectivity index (χ1) is 11.1. The van der Waals surface area contributed by atoms with E-state index in [0.29, 0.717) is 25.9 Å². The zero-order valence-corrected chi connectivity index (χ0v) is 13.5. The molecule has 1 saturated carbocycles. The lowest BCUT2D eigenvalue weighted by molar-refractivity contribution is -0.122. The molecule has 2 aliphatic rings. The third kappa shape index (κ3) is 3.39. The maximum Gasteiger partial charge on any atom is 0.227 e. The maximum atomic E-state index is 12.3. The molecule has 2 amide bonds. The van der Waals surface area contributed by atoms with Gasteiger partial charge in [-0.05, 0) is 30.9 Å². The van der Waals surface area contributed by atoms with Crippen LogP contribution in [-0.4, -0.2) is 30.4 Å². The summed E-state index contributed by atoms with van der Waals surface area (Å²) in [6, 6.07) is 7.94. The van der Waals surface area contributed by atoms with E-state index in [9.17, 15) is 9.59 Å². The topological polar surface area (TPSA) is 75.4 Å². The second kappa shape index (κ2) is 6.71. The van der Waals surface area contributed by atoms with Gasteiger partial charge in [-0.15, -0.1) is 0 Å². The van der Waals surface area contributed by atoms with Crippen molar-refractivity contribution in [3.05, 3.63) is 29.8 Å². The third-order valence-electron chi connectivity index (χ3n) is 5.11. The van der Waals surface area contributed by atoms with Crippen molar-refractivity contribution in [3.8, 4) is 0 Å². The van der Waals surface area contributed by atoms with Gasteiger partial charge in [0.15, 0.2) is 0 Å². The van der Waals surface area contributed by atoms with Gasteiger partial charge in [0.1, 0.15) is 0 Å². The van der Waals surface area contributed by atoms with E-state index in [1.54, 1.807) is 4.90 Å². The van der Waals surface area contributed by atoms with Crippen LogP contribution in [0.3, 0.4) is 0 Å². The Morgan fingerprint density at radius 1 is 1.22 bits per heavy atom. The Bertz CT molecular complexity index is 594. The fourth-order valence-corrected chi connectivity index (χ4v) is 3.75. The predicted molar refractivity (Wildman–Crippen MR) is 90.1 cm³/mol. The third-order valence-corrected chi connectivity index (χ3v) is 5.11. The van der Waals surface area contributed by atoms with Crippen LogP contribution in [0.15, 0.2) is 24.3 Å². The molecule has 1 aromatic carbocycles. The summed E-state index contributed by atoms with van der Waals surface area (Å²) in [5, 5.41) is 3.12. The van der Waals surface area contributed by atoms with Crippen LogP contribution in [0.25, 0.3) is 0 Å². The van der Waals surface area contributed by atoms with E-state index in [1.807, 2.05) is 18.2 Å². The van der Waals surface area contributed by atoms with Gasteiger partial charge < -0.3 is 16.0 Å². The minimum absolute atomic E-state index is 0.00629. The molecule has 1 heterocycles. The number of amides is 2. The van der Waals surface area contributed by atoms with Crippen molar-refractivity contribution in [1.29, 1.82) is 0 Å². The Morgan fingerprint density at radius 3 is 2.70 bits per heavy atom. The molecule has 1 aliphatic carbocycles. The quantitative estimate of drug-likeness (QED) is 0.869. The summed E-state index contributed by atoms with van der Waals surface area (Å²) in [6.07, 6.45) is 5.79. The second-order valence-electron chi connectivity index (χ2n) is 6.66. The van der Waals surface area contributed by atoms with E-state index in [2.05, 4.69) is 11.4 Å². The summed E-state index contributed by atoms with van der Waals surface area (Å²) in [5.41, 5.74) is 7.77. The van der Waals surface area contributed by atoms with Crippen LogP contribution in [0, 0.1) is 0 Å². The van der Waals surface area contributed by atoms with Crippen LogP contribution in [0.1, 0.15) is 44.1 Å². The molecular formula is C18H25N3O2. The molecule has 3 rings (SSSR count). The van der Waals surface area contributed by atoms with Crippen LogP contribution >= 0.6 is 0 Å². The second-order valence-corrected chi connectivity index (χ2v) is 6.66. The van der Waals surface area contributed by atoms with Crippen LogP contribution in [0.5, 0.6) is 0 Å². The van der Waals surface area contributed by atoms with Crippen molar-refractivity contribution in [2.45, 2.75) is 50.5 Å². The summed E-state index contributed by atoms with van der Waals surface area (Å²) in [7, 11) is 0. The smallest absolute Gasteiger partial charge is 0.227 e. The van der Waals surface area contributed by atoms with Gasteiger partial charge in [-0.1, -0.05) is 31.0 Å². The van der Waals surface area contributed by atoms with Gasteiger partial charge in [0.2, 0.25) is 11.8 Å². The molecular weight excluding hydrogens is 290 g/mol. The number of benzene rings is 1. The minimum atomic E-state index is -0.221. The van der Waals surface area contributed by atoms with Gasteiger partial charge in [-0.25, -0.2) is 0 Å². The number of aryl methyl sites for hydroxylation is 1. The Kier molecular flexibility index (Phi) is 4.66. The molecule has 3 N–H and O–H groups in total. The molecule has 0 spiro atoms. The van der Waals surface area contributed by atoms with Crippen molar-refractivity contribution in [1.82, 2.24) is 5.32 Å². The Labute approximate surface area is 137 Å². The zero-order chi connectivity index (χ0) is 16.3. The average Bonchev–Trinajstić information content (AvgIpc) is 3.03. The van der Waals surface area contributed by atoms with Crippen molar-refractivity contribution in [3.63, 3.8) is 0 Å². The molecule has 23 heavy (non-hydrogen) atoms. The number of para-hydroxylation sites is 1. The first-order valence-electron chi connectivity index (χ1n) is 8.53. The van der Waals surface area contributed by atoms with E-state index in [0.717, 1.165) is 37.8 Å². The van der Waals surface area contributed by atoms with Gasteiger partial charge in [-0.3, -0.25) is 9.59 Å². The van der Waals surface area contributed by atoms with Crippen LogP contribution < -0.4 is 16.0 Å². The highest BCUT2D eigenvalue weighted by atomic mass is 16.2. The van der Waals surface area contributed by atoms with E-state index in [1.165, 1.54) is 5.56 Å². The average molecular weight is 315 g/mol. The summed E-state index contributed by atoms with van der Waals surface area (Å²) >= 11 is 0. The zero-order valence-electron chi connectivity index (χ0n) is 13.5. The molecule has 0 bridgehead atoms. The highest BCUT2D eigenvalue weighted by molar-refractivity contribution is 5.97. The van der Waals surface area contributed by atoms with Crippen LogP contribution in [0.4, 0.5) is 5.69 Å². The van der Waals surface area contributed by atoms with Gasteiger partial charge >= 0.3 is 0 Å². The lowest BCUT2D eigenvalue weighted by atomic mass is 9.97. The molecule has 0 saturated heterocycles. The molecule has 5 nitrogen and oxygen atoms in total. The number of nitrogens with two attached hydrogens (primary N) is 1. The monoisotopic (exact) mass is 315 g/mol. The summed E-state index contributed by atoms with van der Waals surface area (Å²) in [6.45, 7) is 0.923. The van der Waals surface area contributed by atoms with Gasteiger partial charge in [0.05, 0.1) is 5.54 Å². The molecule has 0 radical (unpaired) electrons. The lowest BCUT2D eigenvalue weighted by Crippen LogP contribution is -2.52. The number of anilines is 1. The minimum Gasteiger partial charge on any atom is -0.349 e. The SMILES string of the molecule is NCC1(NC(=O)CCN2C(=O)CCc3ccccc32)CCCC1. The predicted octanol–water partition coefficient (Wildman–Crippen LogP) is 1.74. The van der Waals surface area contributed by atoms with E-state index in [4.69, 9.17) is 5.73 Å². The van der Waals surface area contributed by atoms with E-state index in [-0.39, 0.29) is 17.4 Å². The molecule has 0 atom stereocenters. The summed E-state index contributed by atoms with van der Waals surface area (Å²) < 4.78 is 0. The van der Waals surface area contributed by atoms with Crippen LogP contribution in [0.2, 0.25) is 0 Å². The Morgan fingerprint density at radius 2 is 1.96 bits per heavy atom. The molecule has 1 fully saturated rings. The van der Waals surface area contributed by atoms with E-state index < -0.39 is 0 Å². The largest absolute Gasteiger partial charge is 0.349 e. The molecule has 1 aromatic rings. The van der Waals surface area contributed by atoms with Gasteiger partial charge in [0, 0.05) is 31.6 Å². The number of rotatable bonds is 5. The fourth-order valence-electron chi connectivity index (χ4n) is 3.75. The first kappa shape index (κ1) is 16.0. The van der Waals surface area contributed by atoms with Gasteiger partial charge in [0.25, 0.3) is 0 Å². The molecule has 0 unspecified atom stereocenters. The normalized spacial score (nSPS) is 19.5. The van der Waals surface area contributed by atoms with Crippen molar-refractivity contribution in [2.75, 3.05) is 18.0 Å². The van der Waals surface area contributed by atoms with Gasteiger partial charge in [-0.2, -0.15) is 0 Å². The number of carbonyl (C=O) groups is 2. The summed E-state index contributed by atoms with van der Waals surface area (Å²) in [4.78, 5) is 26.3. The first-order valence-corrected chi connectivity index (χ1v) is 8.53. The van der Waals surface area contributed by atoms with E-state index >= 15 is 0 Å². The maximum absolute atomic E-state index is 12.3. The number of nitrogens with zero attached hydrogens (tertiary/aromatic N) is 1. The lowest BCUT2D eigenvalue weighted by Gasteiger charge is -2.31. The molecule has 124 valence electrons. The standard InChI is InChI=1S/C18H25N3O2/c19-13-18(10-3-4-11-18)20-16(22)9-12-21-15-6-2-1-5-14(15)7-8-17(21)23/h1-2,5-6H,3-4,7-13,19H2,(H,20,22). The molecule has 5 heteroatoms. The fraction of sp³-hybridized carbons (Fsp3) is 0.556. The number of hydrogen-bond acceptors (Lipinski definition) is 3. The Balaban J connectivity index is 1.62. The highest BCUT2D eigenvalue weighted by Crippen LogP contribution is 2.29.